The minimum Gasteiger partial charge on any atom is -0.442 e. The van der Waals surface area contributed by atoms with Crippen molar-refractivity contribution >= 4 is 16.2 Å². The van der Waals surface area contributed by atoms with Crippen molar-refractivity contribution in [3.8, 4) is 0 Å². The minimum atomic E-state index is -3.86. The van der Waals surface area contributed by atoms with Crippen LogP contribution in [0.5, 0.6) is 0 Å². The lowest BCUT2D eigenvalue weighted by Crippen LogP contribution is -2.37. The van der Waals surface area contributed by atoms with Crippen LogP contribution in [0.4, 0.5) is 4.79 Å². The Hall–Kier alpha value is -1.60. The second-order valence-electron chi connectivity index (χ2n) is 6.99. The standard InChI is InChI=1S/C18H25NO5S/c1-13-7-9-15(10-8-13)25(21,22)23-12-17-16(19-18(20)24-17)11-14-5-3-2-4-6-14/h7-10,14,16-17H,2-6,11-12H2,1H3,(H,19,20)/t16-,17-/m0/s1. The summed E-state index contributed by atoms with van der Waals surface area (Å²) in [5.41, 5.74) is 0.973. The average Bonchev–Trinajstić information content (AvgIpc) is 2.94. The summed E-state index contributed by atoms with van der Waals surface area (Å²) in [7, 11) is -3.86. The van der Waals surface area contributed by atoms with Gasteiger partial charge in [0.15, 0.2) is 0 Å². The topological polar surface area (TPSA) is 81.7 Å². The first-order chi connectivity index (χ1) is 11.9. The van der Waals surface area contributed by atoms with E-state index in [1.807, 2.05) is 6.92 Å². The van der Waals surface area contributed by atoms with Gasteiger partial charge in [-0.25, -0.2) is 4.79 Å². The van der Waals surface area contributed by atoms with Crippen molar-refractivity contribution in [1.29, 1.82) is 0 Å². The van der Waals surface area contributed by atoms with Crippen LogP contribution in [0.1, 0.15) is 44.1 Å². The zero-order chi connectivity index (χ0) is 17.9. The van der Waals surface area contributed by atoms with Crippen molar-refractivity contribution in [3.05, 3.63) is 29.8 Å². The van der Waals surface area contributed by atoms with Crippen molar-refractivity contribution in [2.24, 2.45) is 5.92 Å². The van der Waals surface area contributed by atoms with Gasteiger partial charge in [-0.3, -0.25) is 4.18 Å². The minimum absolute atomic E-state index is 0.110. The van der Waals surface area contributed by atoms with Gasteiger partial charge >= 0.3 is 6.09 Å². The fraction of sp³-hybridized carbons (Fsp3) is 0.611. The molecule has 25 heavy (non-hydrogen) atoms. The molecule has 3 rings (SSSR count). The van der Waals surface area contributed by atoms with E-state index in [0.29, 0.717) is 5.92 Å². The van der Waals surface area contributed by atoms with Crippen LogP contribution in [0.2, 0.25) is 0 Å². The van der Waals surface area contributed by atoms with Crippen LogP contribution < -0.4 is 5.32 Å². The fourth-order valence-electron chi connectivity index (χ4n) is 3.57. The van der Waals surface area contributed by atoms with Crippen LogP contribution in [-0.4, -0.2) is 33.3 Å². The molecule has 0 radical (unpaired) electrons. The molecule has 0 bridgehead atoms. The highest BCUT2D eigenvalue weighted by atomic mass is 32.2. The quantitative estimate of drug-likeness (QED) is 0.781. The Kier molecular flexibility index (Phi) is 5.64. The number of hydrogen-bond donors (Lipinski definition) is 1. The lowest BCUT2D eigenvalue weighted by atomic mass is 9.84. The van der Waals surface area contributed by atoms with Crippen molar-refractivity contribution < 1.29 is 22.1 Å². The lowest BCUT2D eigenvalue weighted by Gasteiger charge is -2.25. The lowest BCUT2D eigenvalue weighted by molar-refractivity contribution is 0.0882. The third kappa shape index (κ3) is 4.73. The summed E-state index contributed by atoms with van der Waals surface area (Å²) < 4.78 is 35.0. The van der Waals surface area contributed by atoms with E-state index in [2.05, 4.69) is 5.32 Å². The zero-order valence-electron chi connectivity index (χ0n) is 14.4. The van der Waals surface area contributed by atoms with Crippen LogP contribution in [0, 0.1) is 12.8 Å². The molecule has 7 heteroatoms. The van der Waals surface area contributed by atoms with Gasteiger partial charge in [0.1, 0.15) is 12.7 Å². The Morgan fingerprint density at radius 3 is 2.52 bits per heavy atom. The Morgan fingerprint density at radius 1 is 1.16 bits per heavy atom. The Balaban J connectivity index is 1.60. The Morgan fingerprint density at radius 2 is 1.84 bits per heavy atom. The van der Waals surface area contributed by atoms with E-state index in [-0.39, 0.29) is 17.5 Å². The van der Waals surface area contributed by atoms with Crippen LogP contribution >= 0.6 is 0 Å². The van der Waals surface area contributed by atoms with Gasteiger partial charge in [-0.05, 0) is 31.4 Å². The number of benzene rings is 1. The number of alkyl carbamates (subject to hydrolysis) is 1. The van der Waals surface area contributed by atoms with Gasteiger partial charge in [0.05, 0.1) is 10.9 Å². The number of nitrogens with one attached hydrogen (secondary N) is 1. The van der Waals surface area contributed by atoms with Crippen LogP contribution in [0.3, 0.4) is 0 Å². The van der Waals surface area contributed by atoms with Gasteiger partial charge < -0.3 is 10.1 Å². The number of rotatable bonds is 6. The maximum absolute atomic E-state index is 12.3. The maximum Gasteiger partial charge on any atom is 0.407 e. The largest absolute Gasteiger partial charge is 0.442 e. The molecule has 1 aliphatic heterocycles. The number of carbonyl (C=O) groups is 1. The first kappa shape index (κ1) is 18.2. The molecule has 1 saturated carbocycles. The monoisotopic (exact) mass is 367 g/mol. The maximum atomic E-state index is 12.3. The molecule has 1 aromatic rings. The molecule has 0 aromatic heterocycles. The second kappa shape index (κ2) is 7.74. The number of cyclic esters (lactones) is 1. The van der Waals surface area contributed by atoms with E-state index >= 15 is 0 Å². The summed E-state index contributed by atoms with van der Waals surface area (Å²) >= 11 is 0. The molecule has 1 saturated heterocycles. The Bertz CT molecular complexity index is 695. The van der Waals surface area contributed by atoms with Crippen LogP contribution in [-0.2, 0) is 19.0 Å². The predicted molar refractivity (Wildman–Crippen MR) is 92.7 cm³/mol. The highest BCUT2D eigenvalue weighted by Crippen LogP contribution is 2.30. The predicted octanol–water partition coefficient (Wildman–Crippen LogP) is 3.15. The van der Waals surface area contributed by atoms with E-state index in [1.165, 1.54) is 31.4 Å². The number of ether oxygens (including phenoxy) is 1. The molecule has 0 spiro atoms. The van der Waals surface area contributed by atoms with Gasteiger partial charge in [-0.15, -0.1) is 0 Å². The van der Waals surface area contributed by atoms with E-state index in [9.17, 15) is 13.2 Å². The van der Waals surface area contributed by atoms with Crippen molar-refractivity contribution in [2.75, 3.05) is 6.61 Å². The first-order valence-corrected chi connectivity index (χ1v) is 10.3. The smallest absolute Gasteiger partial charge is 0.407 e. The molecular weight excluding hydrogens is 342 g/mol. The summed E-state index contributed by atoms with van der Waals surface area (Å²) in [5.74, 6) is 0.553. The summed E-state index contributed by atoms with van der Waals surface area (Å²) in [6.07, 6.45) is 5.75. The van der Waals surface area contributed by atoms with Gasteiger partial charge in [0, 0.05) is 0 Å². The second-order valence-corrected chi connectivity index (χ2v) is 8.60. The normalized spacial score (nSPS) is 24.8. The third-order valence-corrected chi connectivity index (χ3v) is 6.32. The summed E-state index contributed by atoms with van der Waals surface area (Å²) in [6.45, 7) is 1.73. The molecule has 1 aliphatic carbocycles. The Labute approximate surface area is 149 Å². The summed E-state index contributed by atoms with van der Waals surface area (Å²) in [5, 5.41) is 2.80. The number of hydrogen-bond acceptors (Lipinski definition) is 5. The number of aryl methyl sites for hydroxylation is 1. The number of amides is 1. The van der Waals surface area contributed by atoms with Crippen molar-refractivity contribution in [1.82, 2.24) is 5.32 Å². The van der Waals surface area contributed by atoms with Crippen molar-refractivity contribution in [2.45, 2.75) is 62.5 Å². The molecule has 2 atom stereocenters. The SMILES string of the molecule is Cc1ccc(S(=O)(=O)OC[C@@H]2OC(=O)N[C@H]2CC2CCCCC2)cc1. The first-order valence-electron chi connectivity index (χ1n) is 8.87. The molecular formula is C18H25NO5S. The molecule has 2 fully saturated rings. The van der Waals surface area contributed by atoms with Crippen LogP contribution in [0.25, 0.3) is 0 Å². The van der Waals surface area contributed by atoms with Gasteiger partial charge in [0.25, 0.3) is 10.1 Å². The molecule has 6 nitrogen and oxygen atoms in total. The molecule has 138 valence electrons. The molecule has 1 amide bonds. The molecule has 1 heterocycles. The highest BCUT2D eigenvalue weighted by Gasteiger charge is 2.37. The number of carbonyl (C=O) groups excluding carboxylic acids is 1. The zero-order valence-corrected chi connectivity index (χ0v) is 15.3. The molecule has 0 unspecified atom stereocenters. The summed E-state index contributed by atoms with van der Waals surface area (Å²) in [6, 6.07) is 6.29. The summed E-state index contributed by atoms with van der Waals surface area (Å²) in [4.78, 5) is 11.7. The van der Waals surface area contributed by atoms with Gasteiger partial charge in [-0.2, -0.15) is 8.42 Å². The highest BCUT2D eigenvalue weighted by molar-refractivity contribution is 7.86. The van der Waals surface area contributed by atoms with Crippen molar-refractivity contribution in [3.63, 3.8) is 0 Å². The van der Waals surface area contributed by atoms with E-state index in [4.69, 9.17) is 8.92 Å². The molecule has 1 N–H and O–H groups in total. The van der Waals surface area contributed by atoms with E-state index in [1.54, 1.807) is 12.1 Å². The fourth-order valence-corrected chi connectivity index (χ4v) is 4.49. The van der Waals surface area contributed by atoms with Gasteiger partial charge in [0.2, 0.25) is 0 Å². The third-order valence-electron chi connectivity index (χ3n) is 5.02. The van der Waals surface area contributed by atoms with E-state index < -0.39 is 22.3 Å². The van der Waals surface area contributed by atoms with E-state index in [0.717, 1.165) is 24.8 Å². The van der Waals surface area contributed by atoms with Crippen LogP contribution in [0.15, 0.2) is 29.2 Å². The average molecular weight is 367 g/mol. The molecule has 1 aromatic carbocycles. The molecule has 2 aliphatic rings. The van der Waals surface area contributed by atoms with Gasteiger partial charge in [-0.1, -0.05) is 49.8 Å².